The van der Waals surface area contributed by atoms with E-state index in [2.05, 4.69) is 10.0 Å². The molecule has 32 heavy (non-hydrogen) atoms. The lowest BCUT2D eigenvalue weighted by Gasteiger charge is -2.15. The monoisotopic (exact) mass is 449 g/mol. The second-order valence-electron chi connectivity index (χ2n) is 7.57. The van der Waals surface area contributed by atoms with Crippen LogP contribution >= 0.6 is 0 Å². The summed E-state index contributed by atoms with van der Waals surface area (Å²) in [4.78, 5) is 26.2. The minimum Gasteiger partial charge on any atom is -0.338 e. The van der Waals surface area contributed by atoms with E-state index in [1.54, 1.807) is 54.6 Å². The van der Waals surface area contributed by atoms with Crippen LogP contribution in [0.1, 0.15) is 28.8 Å². The molecule has 1 aliphatic rings. The Morgan fingerprint density at radius 1 is 0.875 bits per heavy atom. The minimum absolute atomic E-state index is 0.0974. The van der Waals surface area contributed by atoms with Crippen LogP contribution in [0.15, 0.2) is 83.8 Å². The van der Waals surface area contributed by atoms with Crippen molar-refractivity contribution in [2.24, 2.45) is 0 Å². The molecule has 1 aliphatic heterocycles. The van der Waals surface area contributed by atoms with Gasteiger partial charge < -0.3 is 10.2 Å². The van der Waals surface area contributed by atoms with E-state index < -0.39 is 10.0 Å². The van der Waals surface area contributed by atoms with Gasteiger partial charge in [-0.2, -0.15) is 0 Å². The van der Waals surface area contributed by atoms with Gasteiger partial charge in [-0.05, 0) is 60.5 Å². The Labute approximate surface area is 187 Å². The van der Waals surface area contributed by atoms with E-state index in [1.807, 2.05) is 17.0 Å². The number of para-hydroxylation sites is 1. The van der Waals surface area contributed by atoms with Crippen molar-refractivity contribution in [3.63, 3.8) is 0 Å². The average molecular weight is 450 g/mol. The highest BCUT2D eigenvalue weighted by atomic mass is 32.2. The second-order valence-corrected chi connectivity index (χ2v) is 9.25. The third-order valence-corrected chi connectivity index (χ3v) is 6.61. The Morgan fingerprint density at radius 2 is 1.56 bits per heavy atom. The number of carbonyl (C=O) groups excluding carboxylic acids is 2. The van der Waals surface area contributed by atoms with Crippen LogP contribution in [-0.4, -0.2) is 31.7 Å². The number of amides is 2. The first kappa shape index (κ1) is 21.6. The standard InChI is InChI=1S/C24H23N3O4S/c28-23-7-4-16-27(23)17-18-8-10-19(11-9-18)24(29)25-20-12-14-22(15-13-20)32(30,31)26-21-5-2-1-3-6-21/h1-3,5-6,8-15,26H,4,7,16-17H2,(H,25,29). The number of rotatable bonds is 7. The lowest BCUT2D eigenvalue weighted by Crippen LogP contribution is -2.23. The number of anilines is 2. The number of likely N-dealkylation sites (tertiary alicyclic amines) is 1. The first-order chi connectivity index (χ1) is 15.4. The van der Waals surface area contributed by atoms with Crippen LogP contribution in [-0.2, 0) is 21.4 Å². The molecule has 1 saturated heterocycles. The van der Waals surface area contributed by atoms with E-state index in [9.17, 15) is 18.0 Å². The molecule has 1 fully saturated rings. The molecule has 8 heteroatoms. The smallest absolute Gasteiger partial charge is 0.261 e. The molecule has 0 saturated carbocycles. The van der Waals surface area contributed by atoms with Crippen LogP contribution in [0.3, 0.4) is 0 Å². The van der Waals surface area contributed by atoms with Crippen molar-refractivity contribution in [2.75, 3.05) is 16.6 Å². The maximum Gasteiger partial charge on any atom is 0.261 e. The molecular formula is C24H23N3O4S. The number of carbonyl (C=O) groups is 2. The minimum atomic E-state index is -3.72. The molecule has 0 atom stereocenters. The Bertz CT molecular complexity index is 1210. The number of sulfonamides is 1. The van der Waals surface area contributed by atoms with E-state index in [0.717, 1.165) is 18.5 Å². The molecule has 0 spiro atoms. The van der Waals surface area contributed by atoms with Gasteiger partial charge in [-0.1, -0.05) is 30.3 Å². The zero-order valence-corrected chi connectivity index (χ0v) is 18.1. The van der Waals surface area contributed by atoms with Gasteiger partial charge >= 0.3 is 0 Å². The zero-order chi connectivity index (χ0) is 22.6. The van der Waals surface area contributed by atoms with Crippen molar-refractivity contribution in [3.05, 3.63) is 90.0 Å². The summed E-state index contributed by atoms with van der Waals surface area (Å²) in [7, 11) is -3.72. The van der Waals surface area contributed by atoms with Gasteiger partial charge in [0.2, 0.25) is 5.91 Å². The topological polar surface area (TPSA) is 95.6 Å². The van der Waals surface area contributed by atoms with Crippen LogP contribution in [0, 0.1) is 0 Å². The summed E-state index contributed by atoms with van der Waals surface area (Å²) in [5.74, 6) is -0.136. The van der Waals surface area contributed by atoms with Gasteiger partial charge in [-0.3, -0.25) is 14.3 Å². The molecule has 1 heterocycles. The molecule has 0 radical (unpaired) electrons. The summed E-state index contributed by atoms with van der Waals surface area (Å²) in [6.45, 7) is 1.32. The largest absolute Gasteiger partial charge is 0.338 e. The summed E-state index contributed by atoms with van der Waals surface area (Å²) in [6, 6.07) is 21.7. The number of hydrogen-bond acceptors (Lipinski definition) is 4. The summed E-state index contributed by atoms with van der Waals surface area (Å²) >= 11 is 0. The van der Waals surface area contributed by atoms with Crippen LogP contribution in [0.4, 0.5) is 11.4 Å². The second kappa shape index (κ2) is 9.23. The third kappa shape index (κ3) is 5.15. The molecular weight excluding hydrogens is 426 g/mol. The van der Waals surface area contributed by atoms with Crippen LogP contribution in [0.25, 0.3) is 0 Å². The molecule has 0 bridgehead atoms. The molecule has 0 aliphatic carbocycles. The number of benzene rings is 3. The predicted molar refractivity (Wildman–Crippen MR) is 123 cm³/mol. The lowest BCUT2D eigenvalue weighted by atomic mass is 10.1. The predicted octanol–water partition coefficient (Wildman–Crippen LogP) is 3.86. The SMILES string of the molecule is O=C(Nc1ccc(S(=O)(=O)Nc2ccccc2)cc1)c1ccc(CN2CCCC2=O)cc1. The van der Waals surface area contributed by atoms with E-state index >= 15 is 0 Å². The van der Waals surface area contributed by atoms with Crippen molar-refractivity contribution in [1.29, 1.82) is 0 Å². The zero-order valence-electron chi connectivity index (χ0n) is 17.3. The Morgan fingerprint density at radius 3 is 2.19 bits per heavy atom. The maximum absolute atomic E-state index is 12.5. The molecule has 0 unspecified atom stereocenters. The highest BCUT2D eigenvalue weighted by Gasteiger charge is 2.20. The van der Waals surface area contributed by atoms with Gasteiger partial charge in [0.05, 0.1) is 4.90 Å². The van der Waals surface area contributed by atoms with Crippen molar-refractivity contribution < 1.29 is 18.0 Å². The third-order valence-electron chi connectivity index (χ3n) is 5.21. The van der Waals surface area contributed by atoms with Gasteiger partial charge in [0.25, 0.3) is 15.9 Å². The molecule has 3 aromatic carbocycles. The molecule has 164 valence electrons. The average Bonchev–Trinajstić information content (AvgIpc) is 3.19. The van der Waals surface area contributed by atoms with Gasteiger partial charge in [0.1, 0.15) is 0 Å². The maximum atomic E-state index is 12.5. The quantitative estimate of drug-likeness (QED) is 0.573. The highest BCUT2D eigenvalue weighted by molar-refractivity contribution is 7.92. The van der Waals surface area contributed by atoms with E-state index in [1.165, 1.54) is 12.1 Å². The van der Waals surface area contributed by atoms with Crippen molar-refractivity contribution >= 4 is 33.2 Å². The molecule has 2 amide bonds. The van der Waals surface area contributed by atoms with Crippen LogP contribution in [0.2, 0.25) is 0 Å². The first-order valence-corrected chi connectivity index (χ1v) is 11.7. The Hall–Kier alpha value is -3.65. The van der Waals surface area contributed by atoms with Gasteiger partial charge in [0, 0.05) is 36.4 Å². The highest BCUT2D eigenvalue weighted by Crippen LogP contribution is 2.19. The van der Waals surface area contributed by atoms with E-state index in [0.29, 0.717) is 29.9 Å². The molecule has 2 N–H and O–H groups in total. The number of hydrogen-bond donors (Lipinski definition) is 2. The molecule has 7 nitrogen and oxygen atoms in total. The summed E-state index contributed by atoms with van der Waals surface area (Å²) in [6.07, 6.45) is 1.49. The van der Waals surface area contributed by atoms with Crippen LogP contribution in [0.5, 0.6) is 0 Å². The van der Waals surface area contributed by atoms with Crippen LogP contribution < -0.4 is 10.0 Å². The fourth-order valence-electron chi connectivity index (χ4n) is 3.49. The summed E-state index contributed by atoms with van der Waals surface area (Å²) < 4.78 is 27.5. The van der Waals surface area contributed by atoms with Crippen molar-refractivity contribution in [2.45, 2.75) is 24.3 Å². The fraction of sp³-hybridized carbons (Fsp3) is 0.167. The van der Waals surface area contributed by atoms with Gasteiger partial charge in [-0.15, -0.1) is 0 Å². The molecule has 0 aromatic heterocycles. The van der Waals surface area contributed by atoms with Crippen molar-refractivity contribution in [1.82, 2.24) is 4.90 Å². The number of nitrogens with zero attached hydrogens (tertiary/aromatic N) is 1. The Kier molecular flexibility index (Phi) is 6.23. The number of nitrogens with one attached hydrogen (secondary N) is 2. The van der Waals surface area contributed by atoms with E-state index in [-0.39, 0.29) is 16.7 Å². The first-order valence-electron chi connectivity index (χ1n) is 10.3. The molecule has 4 rings (SSSR count). The van der Waals surface area contributed by atoms with Gasteiger partial charge in [-0.25, -0.2) is 8.42 Å². The summed E-state index contributed by atoms with van der Waals surface area (Å²) in [5.41, 5.74) is 2.41. The Balaban J connectivity index is 1.37. The summed E-state index contributed by atoms with van der Waals surface area (Å²) in [5, 5.41) is 2.77. The van der Waals surface area contributed by atoms with E-state index in [4.69, 9.17) is 0 Å². The lowest BCUT2D eigenvalue weighted by molar-refractivity contribution is -0.128. The van der Waals surface area contributed by atoms with Gasteiger partial charge in [0.15, 0.2) is 0 Å². The molecule has 3 aromatic rings. The van der Waals surface area contributed by atoms with Crippen molar-refractivity contribution in [3.8, 4) is 0 Å². The normalized spacial score (nSPS) is 13.8. The fourth-order valence-corrected chi connectivity index (χ4v) is 4.55.